The fourth-order valence-electron chi connectivity index (χ4n) is 1.89. The van der Waals surface area contributed by atoms with Gasteiger partial charge in [-0.1, -0.05) is 26.0 Å². The largest absolute Gasteiger partial charge is 0.494 e. The van der Waals surface area contributed by atoms with Crippen molar-refractivity contribution in [1.82, 2.24) is 0 Å². The molecule has 1 aromatic rings. The summed E-state index contributed by atoms with van der Waals surface area (Å²) in [5, 5.41) is 0. The van der Waals surface area contributed by atoms with Crippen molar-refractivity contribution in [3.8, 4) is 5.75 Å². The molecule has 3 nitrogen and oxygen atoms in total. The van der Waals surface area contributed by atoms with E-state index in [2.05, 4.69) is 13.8 Å². The lowest BCUT2D eigenvalue weighted by Crippen LogP contribution is -2.47. The molecule has 0 N–H and O–H groups in total. The molecule has 0 saturated carbocycles. The van der Waals surface area contributed by atoms with E-state index < -0.39 is 0 Å². The Morgan fingerprint density at radius 2 is 1.89 bits per heavy atom. The van der Waals surface area contributed by atoms with Gasteiger partial charge in [-0.15, -0.1) is 0 Å². The minimum atomic E-state index is -0.270. The summed E-state index contributed by atoms with van der Waals surface area (Å²) in [4.78, 5) is 0. The molecule has 0 aromatic heterocycles. The van der Waals surface area contributed by atoms with Gasteiger partial charge in [-0.25, -0.2) is 0 Å². The standard InChI is InChI=1S/C14H21BO3/c1-11(2)18-13-7-5-6-12(8-13)15-16-9-14(3,4)10-17-15/h5-8,11H,9-10H2,1-4H3. The molecule has 1 aliphatic heterocycles. The van der Waals surface area contributed by atoms with Crippen LogP contribution >= 0.6 is 0 Å². The molecule has 0 radical (unpaired) electrons. The molecule has 1 fully saturated rings. The zero-order valence-corrected chi connectivity index (χ0v) is 11.6. The van der Waals surface area contributed by atoms with Crippen molar-refractivity contribution in [3.05, 3.63) is 24.3 Å². The molecular formula is C14H21BO3. The molecule has 18 heavy (non-hydrogen) atoms. The monoisotopic (exact) mass is 248 g/mol. The summed E-state index contributed by atoms with van der Waals surface area (Å²) in [6, 6.07) is 7.93. The maximum absolute atomic E-state index is 5.76. The Morgan fingerprint density at radius 3 is 2.50 bits per heavy atom. The van der Waals surface area contributed by atoms with Gasteiger partial charge in [-0.2, -0.15) is 0 Å². The summed E-state index contributed by atoms with van der Waals surface area (Å²) in [5.41, 5.74) is 1.12. The highest BCUT2D eigenvalue weighted by Crippen LogP contribution is 2.22. The van der Waals surface area contributed by atoms with Crippen molar-refractivity contribution < 1.29 is 14.0 Å². The minimum Gasteiger partial charge on any atom is -0.491 e. The fraction of sp³-hybridized carbons (Fsp3) is 0.571. The predicted molar refractivity (Wildman–Crippen MR) is 73.3 cm³/mol. The van der Waals surface area contributed by atoms with E-state index in [1.54, 1.807) is 0 Å². The molecule has 1 saturated heterocycles. The normalized spacial score (nSPS) is 19.1. The van der Waals surface area contributed by atoms with Crippen molar-refractivity contribution in [2.24, 2.45) is 5.41 Å². The van der Waals surface area contributed by atoms with E-state index in [1.165, 1.54) is 0 Å². The first-order valence-corrected chi connectivity index (χ1v) is 6.46. The smallest absolute Gasteiger partial charge is 0.491 e. The van der Waals surface area contributed by atoms with Crippen molar-refractivity contribution in [1.29, 1.82) is 0 Å². The van der Waals surface area contributed by atoms with Crippen LogP contribution in [0.5, 0.6) is 5.75 Å². The summed E-state index contributed by atoms with van der Waals surface area (Å²) in [6.45, 7) is 9.74. The Balaban J connectivity index is 2.05. The number of rotatable bonds is 3. The average Bonchev–Trinajstić information content (AvgIpc) is 2.28. The molecule has 0 atom stereocenters. The lowest BCUT2D eigenvalue weighted by Gasteiger charge is -2.33. The van der Waals surface area contributed by atoms with E-state index in [-0.39, 0.29) is 18.6 Å². The van der Waals surface area contributed by atoms with Crippen LogP contribution in [0.4, 0.5) is 0 Å². The van der Waals surface area contributed by atoms with Crippen LogP contribution in [0, 0.1) is 5.41 Å². The summed E-state index contributed by atoms with van der Waals surface area (Å²) >= 11 is 0. The van der Waals surface area contributed by atoms with E-state index in [1.807, 2.05) is 38.1 Å². The van der Waals surface area contributed by atoms with Gasteiger partial charge in [0.1, 0.15) is 5.75 Å². The van der Waals surface area contributed by atoms with E-state index in [4.69, 9.17) is 14.0 Å². The van der Waals surface area contributed by atoms with Crippen LogP contribution in [0.25, 0.3) is 0 Å². The van der Waals surface area contributed by atoms with Gasteiger partial charge in [-0.3, -0.25) is 0 Å². The number of hydrogen-bond donors (Lipinski definition) is 0. The molecule has 2 rings (SSSR count). The molecule has 4 heteroatoms. The molecule has 1 heterocycles. The molecule has 1 aliphatic rings. The van der Waals surface area contributed by atoms with Gasteiger partial charge in [0, 0.05) is 18.6 Å². The van der Waals surface area contributed by atoms with Crippen molar-refractivity contribution in [3.63, 3.8) is 0 Å². The summed E-state index contributed by atoms with van der Waals surface area (Å²) in [5.74, 6) is 0.861. The first kappa shape index (κ1) is 13.4. The van der Waals surface area contributed by atoms with Crippen LogP contribution in [0.1, 0.15) is 27.7 Å². The second-order valence-corrected chi connectivity index (χ2v) is 5.86. The van der Waals surface area contributed by atoms with Gasteiger partial charge >= 0.3 is 7.12 Å². The maximum atomic E-state index is 5.76. The average molecular weight is 248 g/mol. The van der Waals surface area contributed by atoms with Crippen LogP contribution < -0.4 is 10.2 Å². The van der Waals surface area contributed by atoms with Gasteiger partial charge in [-0.05, 0) is 31.4 Å². The predicted octanol–water partition coefficient (Wildman–Crippen LogP) is 2.24. The van der Waals surface area contributed by atoms with Crippen molar-refractivity contribution in [2.75, 3.05) is 13.2 Å². The molecule has 0 spiro atoms. The molecule has 0 amide bonds. The fourth-order valence-corrected chi connectivity index (χ4v) is 1.89. The Labute approximate surface area is 110 Å². The van der Waals surface area contributed by atoms with E-state index in [0.29, 0.717) is 13.2 Å². The first-order valence-electron chi connectivity index (χ1n) is 6.46. The first-order chi connectivity index (χ1) is 8.46. The maximum Gasteiger partial charge on any atom is 0.494 e. The summed E-state index contributed by atoms with van der Waals surface area (Å²) < 4.78 is 17.2. The Bertz CT molecular complexity index is 394. The number of benzene rings is 1. The van der Waals surface area contributed by atoms with Gasteiger partial charge in [0.2, 0.25) is 0 Å². The zero-order valence-electron chi connectivity index (χ0n) is 11.6. The third-order valence-corrected chi connectivity index (χ3v) is 2.75. The van der Waals surface area contributed by atoms with Gasteiger partial charge in [0.15, 0.2) is 0 Å². The Hall–Kier alpha value is -0.995. The lowest BCUT2D eigenvalue weighted by molar-refractivity contribution is 0.0343. The van der Waals surface area contributed by atoms with E-state index >= 15 is 0 Å². The molecule has 98 valence electrons. The highest BCUT2D eigenvalue weighted by Gasteiger charge is 2.33. The van der Waals surface area contributed by atoms with Crippen LogP contribution in [-0.2, 0) is 9.31 Å². The van der Waals surface area contributed by atoms with E-state index in [9.17, 15) is 0 Å². The molecule has 1 aromatic carbocycles. The number of ether oxygens (including phenoxy) is 1. The van der Waals surface area contributed by atoms with Crippen LogP contribution in [-0.4, -0.2) is 26.4 Å². The van der Waals surface area contributed by atoms with Crippen molar-refractivity contribution in [2.45, 2.75) is 33.8 Å². The lowest BCUT2D eigenvalue weighted by atomic mass is 9.76. The quantitative estimate of drug-likeness (QED) is 0.768. The summed E-state index contributed by atoms with van der Waals surface area (Å²) in [6.07, 6.45) is 0.173. The SMILES string of the molecule is CC(C)Oc1cccc(B2OCC(C)(C)CO2)c1. The summed E-state index contributed by atoms with van der Waals surface area (Å²) in [7, 11) is -0.270. The van der Waals surface area contributed by atoms with Crippen molar-refractivity contribution >= 4 is 12.6 Å². The number of hydrogen-bond acceptors (Lipinski definition) is 3. The van der Waals surface area contributed by atoms with Gasteiger partial charge in [0.05, 0.1) is 6.10 Å². The Kier molecular flexibility index (Phi) is 3.98. The third kappa shape index (κ3) is 3.50. The highest BCUT2D eigenvalue weighted by molar-refractivity contribution is 6.61. The van der Waals surface area contributed by atoms with Gasteiger partial charge < -0.3 is 14.0 Å². The zero-order chi connectivity index (χ0) is 13.2. The second kappa shape index (κ2) is 5.33. The van der Waals surface area contributed by atoms with Crippen LogP contribution in [0.3, 0.4) is 0 Å². The van der Waals surface area contributed by atoms with Crippen LogP contribution in [0.2, 0.25) is 0 Å². The molecule has 0 aliphatic carbocycles. The van der Waals surface area contributed by atoms with Crippen LogP contribution in [0.15, 0.2) is 24.3 Å². The third-order valence-electron chi connectivity index (χ3n) is 2.75. The van der Waals surface area contributed by atoms with Gasteiger partial charge in [0.25, 0.3) is 0 Å². The molecule has 0 bridgehead atoms. The topological polar surface area (TPSA) is 27.7 Å². The highest BCUT2D eigenvalue weighted by atomic mass is 16.6. The van der Waals surface area contributed by atoms with E-state index in [0.717, 1.165) is 11.2 Å². The second-order valence-electron chi connectivity index (χ2n) is 5.86. The molecular weight excluding hydrogens is 227 g/mol. The Morgan fingerprint density at radius 1 is 1.22 bits per heavy atom. The molecule has 0 unspecified atom stereocenters. The minimum absolute atomic E-state index is 0.0997.